The van der Waals surface area contributed by atoms with E-state index in [1.807, 2.05) is 28.8 Å². The highest BCUT2D eigenvalue weighted by molar-refractivity contribution is 6.31. The number of fused-ring (bicyclic) bond motifs is 3. The smallest absolute Gasteiger partial charge is 0.303 e. The van der Waals surface area contributed by atoms with Crippen molar-refractivity contribution in [3.63, 3.8) is 0 Å². The van der Waals surface area contributed by atoms with Gasteiger partial charge < -0.3 is 10.2 Å². The summed E-state index contributed by atoms with van der Waals surface area (Å²) in [6, 6.07) is 10.4. The van der Waals surface area contributed by atoms with Crippen LogP contribution in [0.3, 0.4) is 0 Å². The topological polar surface area (TPSA) is 101 Å². The van der Waals surface area contributed by atoms with E-state index in [0.717, 1.165) is 11.3 Å². The van der Waals surface area contributed by atoms with Crippen LogP contribution in [0.15, 0.2) is 53.8 Å². The first-order valence-corrected chi connectivity index (χ1v) is 9.15. The Kier molecular flexibility index (Phi) is 4.93. The third-order valence-electron chi connectivity index (χ3n) is 4.60. The van der Waals surface area contributed by atoms with Crippen LogP contribution in [-0.4, -0.2) is 36.4 Å². The largest absolute Gasteiger partial charge is 0.481 e. The summed E-state index contributed by atoms with van der Waals surface area (Å²) in [5.74, 6) is -0.320. The highest BCUT2D eigenvalue weighted by Crippen LogP contribution is 2.34. The number of aromatic nitrogens is 3. The van der Waals surface area contributed by atoms with E-state index in [1.165, 1.54) is 0 Å². The third kappa shape index (κ3) is 3.30. The number of aliphatic carboxylic acids is 1. The normalized spacial score (nSPS) is 15.4. The Morgan fingerprint density at radius 2 is 2.07 bits per heavy atom. The molecule has 0 spiro atoms. The van der Waals surface area contributed by atoms with E-state index in [1.54, 1.807) is 24.5 Å². The van der Waals surface area contributed by atoms with Crippen molar-refractivity contribution in [3.8, 4) is 5.69 Å². The fourth-order valence-corrected chi connectivity index (χ4v) is 3.54. The first-order chi connectivity index (χ1) is 13.6. The number of rotatable bonds is 5. The Morgan fingerprint density at radius 1 is 1.21 bits per heavy atom. The molecule has 1 aromatic carbocycles. The Morgan fingerprint density at radius 3 is 2.79 bits per heavy atom. The predicted molar refractivity (Wildman–Crippen MR) is 104 cm³/mol. The fourth-order valence-electron chi connectivity index (χ4n) is 3.36. The number of aliphatic hydroxyl groups excluding tert-OH is 1. The van der Waals surface area contributed by atoms with Crippen LogP contribution in [0.25, 0.3) is 5.69 Å². The minimum atomic E-state index is -0.903. The molecule has 1 aliphatic heterocycles. The molecule has 3 aromatic rings. The number of aliphatic hydroxyl groups is 1. The lowest BCUT2D eigenvalue weighted by Gasteiger charge is -2.14. The van der Waals surface area contributed by atoms with Crippen molar-refractivity contribution in [3.05, 3.63) is 76.6 Å². The van der Waals surface area contributed by atoms with E-state index in [9.17, 15) is 9.90 Å². The zero-order valence-corrected chi connectivity index (χ0v) is 15.5. The summed E-state index contributed by atoms with van der Waals surface area (Å²) in [4.78, 5) is 24.9. The average Bonchev–Trinajstić information content (AvgIpc) is 3.07. The Hall–Kier alpha value is -3.03. The number of halogens is 1. The lowest BCUT2D eigenvalue weighted by molar-refractivity contribution is -0.137. The van der Waals surface area contributed by atoms with Gasteiger partial charge in [0.1, 0.15) is 11.9 Å². The molecule has 0 unspecified atom stereocenters. The molecule has 142 valence electrons. The predicted octanol–water partition coefficient (Wildman–Crippen LogP) is 3.17. The monoisotopic (exact) mass is 396 g/mol. The number of hydrogen-bond acceptors (Lipinski definition) is 5. The van der Waals surface area contributed by atoms with Crippen LogP contribution in [0.2, 0.25) is 5.02 Å². The van der Waals surface area contributed by atoms with Gasteiger partial charge in [-0.2, -0.15) is 0 Å². The highest BCUT2D eigenvalue weighted by Gasteiger charge is 2.28. The van der Waals surface area contributed by atoms with Gasteiger partial charge in [0.25, 0.3) is 0 Å². The number of pyridine rings is 1. The number of carboxylic acids is 1. The summed E-state index contributed by atoms with van der Waals surface area (Å²) >= 11 is 6.27. The zero-order chi connectivity index (χ0) is 19.7. The van der Waals surface area contributed by atoms with Crippen LogP contribution in [-0.2, 0) is 11.4 Å². The van der Waals surface area contributed by atoms with Gasteiger partial charge >= 0.3 is 5.97 Å². The van der Waals surface area contributed by atoms with Gasteiger partial charge in [0.05, 0.1) is 35.6 Å². The van der Waals surface area contributed by atoms with Crippen LogP contribution < -0.4 is 0 Å². The maximum Gasteiger partial charge on any atom is 0.303 e. The van der Waals surface area contributed by atoms with Crippen molar-refractivity contribution in [2.75, 3.05) is 0 Å². The summed E-state index contributed by atoms with van der Waals surface area (Å²) in [6.07, 6.45) is 3.48. The van der Waals surface area contributed by atoms with E-state index in [0.29, 0.717) is 27.9 Å². The number of nitrogens with zero attached hydrogens (tertiary/aromatic N) is 4. The fraction of sp³-hybridized carbons (Fsp3) is 0.200. The van der Waals surface area contributed by atoms with Gasteiger partial charge in [0, 0.05) is 23.2 Å². The van der Waals surface area contributed by atoms with Crippen molar-refractivity contribution < 1.29 is 15.0 Å². The first kappa shape index (κ1) is 18.3. The SMILES string of the molecule is O=C(O)CC[C@@H]1N=C(c2ccccn2)c2cc(Cl)ccc2-n2c(CO)cnc21. The maximum atomic E-state index is 11.2. The van der Waals surface area contributed by atoms with E-state index >= 15 is 0 Å². The molecular weight excluding hydrogens is 380 g/mol. The second kappa shape index (κ2) is 7.53. The number of benzene rings is 1. The lowest BCUT2D eigenvalue weighted by atomic mass is 10.0. The molecule has 0 bridgehead atoms. The molecule has 0 radical (unpaired) electrons. The van der Waals surface area contributed by atoms with Crippen LogP contribution in [0.1, 0.15) is 41.7 Å². The lowest BCUT2D eigenvalue weighted by Crippen LogP contribution is -2.10. The van der Waals surface area contributed by atoms with Crippen LogP contribution in [0.5, 0.6) is 0 Å². The molecule has 1 aliphatic rings. The quantitative estimate of drug-likeness (QED) is 0.689. The highest BCUT2D eigenvalue weighted by atomic mass is 35.5. The molecule has 4 rings (SSSR count). The van der Waals surface area contributed by atoms with Crippen molar-refractivity contribution in [1.82, 2.24) is 14.5 Å². The van der Waals surface area contributed by atoms with Gasteiger partial charge in [-0.1, -0.05) is 17.7 Å². The van der Waals surface area contributed by atoms with Crippen molar-refractivity contribution in [2.24, 2.45) is 4.99 Å². The van der Waals surface area contributed by atoms with Gasteiger partial charge in [0.15, 0.2) is 0 Å². The van der Waals surface area contributed by atoms with Gasteiger partial charge in [0.2, 0.25) is 0 Å². The second-order valence-corrected chi connectivity index (χ2v) is 6.84. The molecule has 2 aromatic heterocycles. The Bertz CT molecular complexity index is 1060. The third-order valence-corrected chi connectivity index (χ3v) is 4.84. The van der Waals surface area contributed by atoms with Gasteiger partial charge in [-0.15, -0.1) is 0 Å². The minimum absolute atomic E-state index is 0.0535. The summed E-state index contributed by atoms with van der Waals surface area (Å²) in [7, 11) is 0. The number of carboxylic acid groups (broad SMARTS) is 1. The second-order valence-electron chi connectivity index (χ2n) is 6.40. The van der Waals surface area contributed by atoms with Crippen LogP contribution >= 0.6 is 11.6 Å². The zero-order valence-electron chi connectivity index (χ0n) is 14.8. The maximum absolute atomic E-state index is 11.2. The van der Waals surface area contributed by atoms with E-state index in [2.05, 4.69) is 9.97 Å². The molecule has 28 heavy (non-hydrogen) atoms. The van der Waals surface area contributed by atoms with Gasteiger partial charge in [-0.3, -0.25) is 19.3 Å². The number of hydrogen-bond donors (Lipinski definition) is 2. The van der Waals surface area contributed by atoms with E-state index in [4.69, 9.17) is 21.7 Å². The van der Waals surface area contributed by atoms with E-state index in [-0.39, 0.29) is 19.4 Å². The number of aliphatic imine (C=N–C) groups is 1. The summed E-state index contributed by atoms with van der Waals surface area (Å²) in [6.45, 7) is -0.209. The molecule has 0 amide bonds. The molecule has 0 saturated heterocycles. The molecule has 2 N–H and O–H groups in total. The van der Waals surface area contributed by atoms with Gasteiger partial charge in [-0.05, 0) is 36.8 Å². The van der Waals surface area contributed by atoms with Crippen molar-refractivity contribution in [2.45, 2.75) is 25.5 Å². The van der Waals surface area contributed by atoms with Crippen molar-refractivity contribution in [1.29, 1.82) is 0 Å². The molecule has 0 saturated carbocycles. The Labute approximate surface area is 166 Å². The number of carbonyl (C=O) groups is 1. The molecular formula is C20H17ClN4O3. The molecule has 3 heterocycles. The van der Waals surface area contributed by atoms with Gasteiger partial charge in [-0.25, -0.2) is 4.98 Å². The van der Waals surface area contributed by atoms with E-state index < -0.39 is 12.0 Å². The standard InChI is InChI=1S/C20H17ClN4O3/c21-12-4-6-17-14(9-12)19(15-3-1-2-8-22-15)24-16(5-7-18(27)28)20-23-10-13(11-26)25(17)20/h1-4,6,8-10,16,26H,5,7,11H2,(H,27,28)/t16-/m0/s1. The van der Waals surface area contributed by atoms with Crippen molar-refractivity contribution >= 4 is 23.3 Å². The summed E-state index contributed by atoms with van der Waals surface area (Å²) < 4.78 is 1.83. The summed E-state index contributed by atoms with van der Waals surface area (Å²) in [5.41, 5.74) is 3.38. The number of imidazole rings is 1. The summed E-state index contributed by atoms with van der Waals surface area (Å²) in [5, 5.41) is 19.5. The molecule has 0 fully saturated rings. The molecule has 0 aliphatic carbocycles. The molecule has 7 nitrogen and oxygen atoms in total. The minimum Gasteiger partial charge on any atom is -0.481 e. The molecule has 1 atom stereocenters. The first-order valence-electron chi connectivity index (χ1n) is 8.77. The van der Waals surface area contributed by atoms with Crippen LogP contribution in [0.4, 0.5) is 0 Å². The average molecular weight is 397 g/mol. The van der Waals surface area contributed by atoms with Crippen LogP contribution in [0, 0.1) is 0 Å². The molecule has 8 heteroatoms. The Balaban J connectivity index is 1.98.